The van der Waals surface area contributed by atoms with Crippen LogP contribution in [-0.4, -0.2) is 18.3 Å². The fourth-order valence-corrected chi connectivity index (χ4v) is 0.913. The van der Waals surface area contributed by atoms with E-state index in [9.17, 15) is 0 Å². The third-order valence-corrected chi connectivity index (χ3v) is 1.44. The van der Waals surface area contributed by atoms with Gasteiger partial charge in [-0.3, -0.25) is 4.99 Å². The van der Waals surface area contributed by atoms with Crippen LogP contribution in [0.4, 0.5) is 5.69 Å². The number of aryl methyl sites for hydroxylation is 1. The minimum atomic E-state index is 0.577. The van der Waals surface area contributed by atoms with Crippen molar-refractivity contribution in [1.82, 2.24) is 4.98 Å². The van der Waals surface area contributed by atoms with E-state index in [1.54, 1.807) is 13.3 Å². The molecule has 0 radical (unpaired) electrons. The Labute approximate surface area is 85.9 Å². The molecule has 78 valence electrons. The van der Waals surface area contributed by atoms with E-state index in [1.807, 2.05) is 39.8 Å². The number of aliphatic imine (C=N–C) groups is 1. The molecule has 0 spiro atoms. The van der Waals surface area contributed by atoms with Crippen molar-refractivity contribution in [2.24, 2.45) is 4.99 Å². The minimum absolute atomic E-state index is 0.577. The fourth-order valence-electron chi connectivity index (χ4n) is 0.913. The molecule has 0 aliphatic heterocycles. The van der Waals surface area contributed by atoms with E-state index >= 15 is 0 Å². The smallest absolute Gasteiger partial charge is 0.239 e. The van der Waals surface area contributed by atoms with Gasteiger partial charge in [-0.15, -0.1) is 0 Å². The molecular formula is C11H18N2O. The van der Waals surface area contributed by atoms with E-state index in [0.29, 0.717) is 5.88 Å². The zero-order valence-electron chi connectivity index (χ0n) is 9.53. The lowest BCUT2D eigenvalue weighted by molar-refractivity contribution is 0.398. The summed E-state index contributed by atoms with van der Waals surface area (Å²) in [6, 6.07) is 3.80. The Kier molecular flexibility index (Phi) is 6.37. The molecule has 14 heavy (non-hydrogen) atoms. The van der Waals surface area contributed by atoms with E-state index in [0.717, 1.165) is 11.4 Å². The van der Waals surface area contributed by atoms with Crippen LogP contribution in [0, 0.1) is 6.92 Å². The Bertz CT molecular complexity index is 295. The first-order valence-corrected chi connectivity index (χ1v) is 4.78. The maximum Gasteiger partial charge on any atom is 0.239 e. The predicted octanol–water partition coefficient (Wildman–Crippen LogP) is 3.15. The van der Waals surface area contributed by atoms with Crippen LogP contribution in [0.15, 0.2) is 17.1 Å². The summed E-state index contributed by atoms with van der Waals surface area (Å²) >= 11 is 0. The van der Waals surface area contributed by atoms with Crippen LogP contribution in [0.3, 0.4) is 0 Å². The summed E-state index contributed by atoms with van der Waals surface area (Å²) < 4.78 is 5.05. The highest BCUT2D eigenvalue weighted by Crippen LogP contribution is 2.23. The number of hydrogen-bond acceptors (Lipinski definition) is 3. The molecule has 1 rings (SSSR count). The second-order valence-corrected chi connectivity index (χ2v) is 2.37. The predicted molar refractivity (Wildman–Crippen MR) is 60.7 cm³/mol. The summed E-state index contributed by atoms with van der Waals surface area (Å²) in [7, 11) is 1.59. The number of rotatable bonds is 2. The zero-order valence-corrected chi connectivity index (χ0v) is 9.53. The maximum absolute atomic E-state index is 5.05. The van der Waals surface area contributed by atoms with Crippen LogP contribution in [-0.2, 0) is 0 Å². The summed E-state index contributed by atoms with van der Waals surface area (Å²) in [6.07, 6.45) is 1.72. The van der Waals surface area contributed by atoms with Gasteiger partial charge < -0.3 is 4.74 Å². The minimum Gasteiger partial charge on any atom is -0.479 e. The van der Waals surface area contributed by atoms with Gasteiger partial charge in [0.2, 0.25) is 5.88 Å². The van der Waals surface area contributed by atoms with Crippen LogP contribution >= 0.6 is 0 Å². The summed E-state index contributed by atoms with van der Waals surface area (Å²) in [5.41, 5.74) is 1.70. The Morgan fingerprint density at radius 2 is 2.00 bits per heavy atom. The average molecular weight is 194 g/mol. The number of aromatic nitrogens is 1. The topological polar surface area (TPSA) is 34.5 Å². The third kappa shape index (κ3) is 3.56. The first kappa shape index (κ1) is 12.6. The summed E-state index contributed by atoms with van der Waals surface area (Å²) in [4.78, 5) is 8.28. The molecule has 0 N–H and O–H groups in total. The first-order chi connectivity index (χ1) is 6.77. The quantitative estimate of drug-likeness (QED) is 0.678. The molecule has 1 heterocycles. The van der Waals surface area contributed by atoms with Crippen molar-refractivity contribution in [3.8, 4) is 5.88 Å². The lowest BCUT2D eigenvalue weighted by Crippen LogP contribution is -1.89. The highest BCUT2D eigenvalue weighted by molar-refractivity contribution is 5.63. The Hall–Kier alpha value is -1.38. The molecule has 0 bridgehead atoms. The number of ether oxygens (including phenoxy) is 1. The lowest BCUT2D eigenvalue weighted by Gasteiger charge is -2.02. The van der Waals surface area contributed by atoms with E-state index in [4.69, 9.17) is 4.74 Å². The molecule has 0 aliphatic rings. The van der Waals surface area contributed by atoms with E-state index in [-0.39, 0.29) is 0 Å². The van der Waals surface area contributed by atoms with Crippen molar-refractivity contribution >= 4 is 11.9 Å². The molecule has 3 nitrogen and oxygen atoms in total. The van der Waals surface area contributed by atoms with Gasteiger partial charge in [0.15, 0.2) is 0 Å². The largest absolute Gasteiger partial charge is 0.479 e. The number of methoxy groups -OCH3 is 1. The summed E-state index contributed by atoms with van der Waals surface area (Å²) in [6.45, 7) is 7.78. The van der Waals surface area contributed by atoms with Gasteiger partial charge in [0.1, 0.15) is 5.69 Å². The highest BCUT2D eigenvalue weighted by Gasteiger charge is 2.00. The van der Waals surface area contributed by atoms with Crippen LogP contribution in [0.2, 0.25) is 0 Å². The third-order valence-electron chi connectivity index (χ3n) is 1.44. The number of pyridine rings is 1. The standard InChI is InChI=1S/C9H12N2O.C2H6/c1-4-10-8-6-5-7(2)11-9(8)12-3;1-2/h4-6H,1-3H3;1-2H3. The van der Waals surface area contributed by atoms with Crippen LogP contribution < -0.4 is 4.74 Å². The van der Waals surface area contributed by atoms with Gasteiger partial charge >= 0.3 is 0 Å². The van der Waals surface area contributed by atoms with Crippen LogP contribution in [0.1, 0.15) is 26.5 Å². The molecule has 0 saturated heterocycles. The van der Waals surface area contributed by atoms with Gasteiger partial charge in [-0.05, 0) is 26.0 Å². The van der Waals surface area contributed by atoms with Crippen molar-refractivity contribution in [3.05, 3.63) is 17.8 Å². The molecule has 0 aromatic carbocycles. The Balaban J connectivity index is 0.000000791. The normalized spacial score (nSPS) is 9.50. The molecular weight excluding hydrogens is 176 g/mol. The molecule has 1 aromatic heterocycles. The van der Waals surface area contributed by atoms with Gasteiger partial charge in [0, 0.05) is 11.9 Å². The average Bonchev–Trinajstić information content (AvgIpc) is 2.24. The number of nitrogens with zero attached hydrogens (tertiary/aromatic N) is 2. The van der Waals surface area contributed by atoms with Crippen molar-refractivity contribution in [2.45, 2.75) is 27.7 Å². The van der Waals surface area contributed by atoms with Gasteiger partial charge in [-0.25, -0.2) is 4.98 Å². The van der Waals surface area contributed by atoms with E-state index in [2.05, 4.69) is 9.98 Å². The second kappa shape index (κ2) is 7.06. The van der Waals surface area contributed by atoms with Crippen molar-refractivity contribution in [1.29, 1.82) is 0 Å². The van der Waals surface area contributed by atoms with Gasteiger partial charge in [-0.2, -0.15) is 0 Å². The molecule has 0 aliphatic carbocycles. The fraction of sp³-hybridized carbons (Fsp3) is 0.455. The molecule has 0 saturated carbocycles. The van der Waals surface area contributed by atoms with Gasteiger partial charge in [0.05, 0.1) is 7.11 Å². The van der Waals surface area contributed by atoms with Crippen LogP contribution in [0.25, 0.3) is 0 Å². The molecule has 1 aromatic rings. The lowest BCUT2D eigenvalue weighted by atomic mass is 10.3. The van der Waals surface area contributed by atoms with Gasteiger partial charge in [-0.1, -0.05) is 13.8 Å². The Morgan fingerprint density at radius 3 is 2.50 bits per heavy atom. The number of hydrogen-bond donors (Lipinski definition) is 0. The maximum atomic E-state index is 5.05. The highest BCUT2D eigenvalue weighted by atomic mass is 16.5. The first-order valence-electron chi connectivity index (χ1n) is 4.78. The summed E-state index contributed by atoms with van der Waals surface area (Å²) in [5.74, 6) is 0.577. The molecule has 3 heteroatoms. The molecule has 0 amide bonds. The van der Waals surface area contributed by atoms with Crippen molar-refractivity contribution in [2.75, 3.05) is 7.11 Å². The molecule has 0 fully saturated rings. The monoisotopic (exact) mass is 194 g/mol. The van der Waals surface area contributed by atoms with Crippen LogP contribution in [0.5, 0.6) is 5.88 Å². The zero-order chi connectivity index (χ0) is 11.0. The van der Waals surface area contributed by atoms with Gasteiger partial charge in [0.25, 0.3) is 0 Å². The summed E-state index contributed by atoms with van der Waals surface area (Å²) in [5, 5.41) is 0. The van der Waals surface area contributed by atoms with E-state index < -0.39 is 0 Å². The second-order valence-electron chi connectivity index (χ2n) is 2.37. The molecule has 0 unspecified atom stereocenters. The van der Waals surface area contributed by atoms with Crippen molar-refractivity contribution < 1.29 is 4.74 Å². The van der Waals surface area contributed by atoms with E-state index in [1.165, 1.54) is 0 Å². The van der Waals surface area contributed by atoms with Crippen molar-refractivity contribution in [3.63, 3.8) is 0 Å². The Morgan fingerprint density at radius 1 is 1.36 bits per heavy atom. The molecule has 0 atom stereocenters. The SMILES string of the molecule is CC.CC=Nc1ccc(C)nc1OC.